The minimum atomic E-state index is 0.546. The van der Waals surface area contributed by atoms with Crippen molar-refractivity contribution in [2.45, 2.75) is 6.92 Å². The molecule has 58 valence electrons. The molecule has 0 spiro atoms. The molecule has 0 aliphatic carbocycles. The van der Waals surface area contributed by atoms with Crippen LogP contribution in [0.4, 0.5) is 0 Å². The van der Waals surface area contributed by atoms with E-state index in [1.54, 1.807) is 29.9 Å². The molecular formula is C8H6N4. The number of aryl methyl sites for hydroxylation is 1. The minimum Gasteiger partial charge on any atom is -0.288 e. The molecule has 4 heteroatoms. The summed E-state index contributed by atoms with van der Waals surface area (Å²) in [7, 11) is 0. The second-order valence-electron chi connectivity index (χ2n) is 2.46. The molecule has 0 saturated heterocycles. The zero-order valence-electron chi connectivity index (χ0n) is 6.52. The molecule has 2 aromatic heterocycles. The van der Waals surface area contributed by atoms with Gasteiger partial charge in [-0.25, -0.2) is 4.98 Å². The van der Waals surface area contributed by atoms with E-state index in [1.807, 2.05) is 0 Å². The van der Waals surface area contributed by atoms with E-state index in [1.165, 1.54) is 0 Å². The van der Waals surface area contributed by atoms with Crippen molar-refractivity contribution in [3.8, 4) is 6.07 Å². The normalized spacial score (nSPS) is 10.0. The van der Waals surface area contributed by atoms with Gasteiger partial charge in [-0.3, -0.25) is 9.38 Å². The highest BCUT2D eigenvalue weighted by Gasteiger charge is 2.03. The Morgan fingerprint density at radius 1 is 1.50 bits per heavy atom. The number of rotatable bonds is 0. The maximum absolute atomic E-state index is 8.80. The van der Waals surface area contributed by atoms with Crippen molar-refractivity contribution < 1.29 is 0 Å². The lowest BCUT2D eigenvalue weighted by Gasteiger charge is -1.98. The number of fused-ring (bicyclic) bond motifs is 1. The first-order valence-electron chi connectivity index (χ1n) is 3.51. The Bertz CT molecular complexity index is 463. The van der Waals surface area contributed by atoms with E-state index in [2.05, 4.69) is 16.0 Å². The third-order valence-electron chi connectivity index (χ3n) is 1.73. The lowest BCUT2D eigenvalue weighted by atomic mass is 10.3. The quantitative estimate of drug-likeness (QED) is 0.572. The standard InChI is InChI=1S/C8H6N4/c1-6-7(4-9)12-3-2-10-8(12)5-11-6/h2-3,5H,1H3. The van der Waals surface area contributed by atoms with Gasteiger partial charge in [0.25, 0.3) is 0 Å². The fourth-order valence-electron chi connectivity index (χ4n) is 1.12. The lowest BCUT2D eigenvalue weighted by Crippen LogP contribution is -1.96. The summed E-state index contributed by atoms with van der Waals surface area (Å²) in [6.07, 6.45) is 5.05. The molecule has 2 aromatic rings. The number of hydrogen-bond donors (Lipinski definition) is 0. The molecule has 0 amide bonds. The van der Waals surface area contributed by atoms with E-state index in [-0.39, 0.29) is 0 Å². The molecule has 12 heavy (non-hydrogen) atoms. The predicted molar refractivity (Wildman–Crippen MR) is 42.4 cm³/mol. The fourth-order valence-corrected chi connectivity index (χ4v) is 1.12. The Hall–Kier alpha value is -1.89. The molecule has 2 heterocycles. The molecule has 2 rings (SSSR count). The second kappa shape index (κ2) is 2.31. The third-order valence-corrected chi connectivity index (χ3v) is 1.73. The molecule has 0 fully saturated rings. The number of nitriles is 1. The molecule has 4 nitrogen and oxygen atoms in total. The van der Waals surface area contributed by atoms with Gasteiger partial charge < -0.3 is 0 Å². The Morgan fingerprint density at radius 2 is 2.33 bits per heavy atom. The number of nitrogens with zero attached hydrogens (tertiary/aromatic N) is 4. The first-order valence-corrected chi connectivity index (χ1v) is 3.51. The molecule has 0 radical (unpaired) electrons. The lowest BCUT2D eigenvalue weighted by molar-refractivity contribution is 1.04. The van der Waals surface area contributed by atoms with Crippen LogP contribution in [0.2, 0.25) is 0 Å². The largest absolute Gasteiger partial charge is 0.288 e. The van der Waals surface area contributed by atoms with Crippen LogP contribution >= 0.6 is 0 Å². The van der Waals surface area contributed by atoms with E-state index in [0.717, 1.165) is 5.69 Å². The average Bonchev–Trinajstić information content (AvgIpc) is 2.52. The molecule has 0 aliphatic rings. The maximum Gasteiger partial charge on any atom is 0.156 e. The maximum atomic E-state index is 8.80. The van der Waals surface area contributed by atoms with Crippen molar-refractivity contribution in [3.63, 3.8) is 0 Å². The SMILES string of the molecule is Cc1ncc2nccn2c1C#N. The highest BCUT2D eigenvalue weighted by atomic mass is 15.0. The predicted octanol–water partition coefficient (Wildman–Crippen LogP) is 0.909. The Kier molecular flexibility index (Phi) is 1.31. The van der Waals surface area contributed by atoms with Gasteiger partial charge in [-0.15, -0.1) is 0 Å². The smallest absolute Gasteiger partial charge is 0.156 e. The average molecular weight is 158 g/mol. The van der Waals surface area contributed by atoms with Crippen LogP contribution in [-0.4, -0.2) is 14.4 Å². The molecule has 0 N–H and O–H groups in total. The summed E-state index contributed by atoms with van der Waals surface area (Å²) < 4.78 is 1.72. The van der Waals surface area contributed by atoms with Crippen molar-refractivity contribution in [1.29, 1.82) is 5.26 Å². The van der Waals surface area contributed by atoms with Crippen molar-refractivity contribution >= 4 is 5.65 Å². The van der Waals surface area contributed by atoms with Gasteiger partial charge in [-0.1, -0.05) is 0 Å². The summed E-state index contributed by atoms with van der Waals surface area (Å²) in [5.41, 5.74) is 1.98. The Labute approximate surface area is 69.1 Å². The third kappa shape index (κ3) is 0.768. The monoisotopic (exact) mass is 158 g/mol. The second-order valence-corrected chi connectivity index (χ2v) is 2.46. The summed E-state index contributed by atoms with van der Waals surface area (Å²) in [5.74, 6) is 0. The summed E-state index contributed by atoms with van der Waals surface area (Å²) in [4.78, 5) is 8.06. The van der Waals surface area contributed by atoms with Crippen LogP contribution in [0.15, 0.2) is 18.6 Å². The molecule has 0 bridgehead atoms. The van der Waals surface area contributed by atoms with Crippen molar-refractivity contribution in [1.82, 2.24) is 14.4 Å². The zero-order valence-corrected chi connectivity index (χ0v) is 6.52. The van der Waals surface area contributed by atoms with Gasteiger partial charge in [0.15, 0.2) is 5.65 Å². The van der Waals surface area contributed by atoms with Gasteiger partial charge in [-0.2, -0.15) is 5.26 Å². The molecule has 0 aromatic carbocycles. The van der Waals surface area contributed by atoms with Gasteiger partial charge >= 0.3 is 0 Å². The topological polar surface area (TPSA) is 54.0 Å². The number of imidazole rings is 1. The summed E-state index contributed by atoms with van der Waals surface area (Å²) in [5, 5.41) is 8.80. The highest BCUT2D eigenvalue weighted by Crippen LogP contribution is 2.06. The van der Waals surface area contributed by atoms with Crippen molar-refractivity contribution in [2.24, 2.45) is 0 Å². The molecule has 0 unspecified atom stereocenters. The first-order chi connectivity index (χ1) is 5.83. The van der Waals surface area contributed by atoms with Crippen LogP contribution in [0.5, 0.6) is 0 Å². The van der Waals surface area contributed by atoms with Crippen LogP contribution in [-0.2, 0) is 0 Å². The van der Waals surface area contributed by atoms with E-state index < -0.39 is 0 Å². The van der Waals surface area contributed by atoms with Crippen LogP contribution < -0.4 is 0 Å². The van der Waals surface area contributed by atoms with Crippen LogP contribution in [0.1, 0.15) is 11.4 Å². The van der Waals surface area contributed by atoms with Crippen LogP contribution in [0, 0.1) is 18.3 Å². The van der Waals surface area contributed by atoms with Gasteiger partial charge in [0, 0.05) is 12.4 Å². The number of aromatic nitrogens is 3. The Morgan fingerprint density at radius 3 is 3.08 bits per heavy atom. The van der Waals surface area contributed by atoms with Crippen molar-refractivity contribution in [2.75, 3.05) is 0 Å². The molecule has 0 aliphatic heterocycles. The molecule has 0 atom stereocenters. The van der Waals surface area contributed by atoms with Gasteiger partial charge in [-0.05, 0) is 6.92 Å². The molecular weight excluding hydrogens is 152 g/mol. The van der Waals surface area contributed by atoms with E-state index >= 15 is 0 Å². The summed E-state index contributed by atoms with van der Waals surface area (Å²) in [6.45, 7) is 1.80. The number of hydrogen-bond acceptors (Lipinski definition) is 3. The fraction of sp³-hybridized carbons (Fsp3) is 0.125. The van der Waals surface area contributed by atoms with E-state index in [0.29, 0.717) is 11.3 Å². The van der Waals surface area contributed by atoms with Crippen LogP contribution in [0.25, 0.3) is 5.65 Å². The van der Waals surface area contributed by atoms with Gasteiger partial charge in [0.05, 0.1) is 11.9 Å². The van der Waals surface area contributed by atoms with Gasteiger partial charge in [0.2, 0.25) is 0 Å². The summed E-state index contributed by atoms with van der Waals surface area (Å²) in [6, 6.07) is 2.08. The van der Waals surface area contributed by atoms with Crippen molar-refractivity contribution in [3.05, 3.63) is 30.0 Å². The highest BCUT2D eigenvalue weighted by molar-refractivity contribution is 5.42. The van der Waals surface area contributed by atoms with E-state index in [9.17, 15) is 0 Å². The molecule has 0 saturated carbocycles. The summed E-state index contributed by atoms with van der Waals surface area (Å²) >= 11 is 0. The van der Waals surface area contributed by atoms with Gasteiger partial charge in [0.1, 0.15) is 11.8 Å². The van der Waals surface area contributed by atoms with E-state index in [4.69, 9.17) is 5.26 Å². The Balaban J connectivity index is 2.94. The van der Waals surface area contributed by atoms with Crippen LogP contribution in [0.3, 0.4) is 0 Å². The zero-order chi connectivity index (χ0) is 8.55. The minimum absolute atomic E-state index is 0.546. The first kappa shape index (κ1) is 6.80.